The predicted molar refractivity (Wildman–Crippen MR) is 64.4 cm³/mol. The van der Waals surface area contributed by atoms with Crippen molar-refractivity contribution in [3.05, 3.63) is 11.8 Å². The third-order valence-electron chi connectivity index (χ3n) is 2.11. The first kappa shape index (κ1) is 14.0. The van der Waals surface area contributed by atoms with Gasteiger partial charge in [-0.15, -0.1) is 10.2 Å². The second-order valence-corrected chi connectivity index (χ2v) is 4.52. The molecule has 1 unspecified atom stereocenters. The normalized spacial score (nSPS) is 12.4. The van der Waals surface area contributed by atoms with Crippen LogP contribution in [0.25, 0.3) is 0 Å². The van der Waals surface area contributed by atoms with Crippen LogP contribution in [0.2, 0.25) is 0 Å². The molecule has 1 aromatic rings. The Kier molecular flexibility index (Phi) is 5.99. The van der Waals surface area contributed by atoms with Gasteiger partial charge in [-0.1, -0.05) is 6.92 Å². The number of thioether (sulfide) groups is 1. The van der Waals surface area contributed by atoms with E-state index in [0.717, 1.165) is 12.2 Å². The number of ether oxygens (including phenoxy) is 1. The zero-order valence-corrected chi connectivity index (χ0v) is 10.8. The fraction of sp³-hybridized carbons (Fsp3) is 0.700. The van der Waals surface area contributed by atoms with E-state index in [4.69, 9.17) is 10.2 Å². The maximum Gasteiger partial charge on any atom is 0.322 e. The summed E-state index contributed by atoms with van der Waals surface area (Å²) >= 11 is 1.60. The third kappa shape index (κ3) is 4.74. The van der Waals surface area contributed by atoms with Crippen LogP contribution >= 0.6 is 11.8 Å². The van der Waals surface area contributed by atoms with E-state index in [1.807, 2.05) is 6.92 Å². The first-order valence-corrected chi connectivity index (χ1v) is 6.55. The molecule has 6 nitrogen and oxygen atoms in total. The zero-order valence-electron chi connectivity index (χ0n) is 10.0. The lowest BCUT2D eigenvalue weighted by Crippen LogP contribution is -2.31. The first-order chi connectivity index (χ1) is 8.17. The summed E-state index contributed by atoms with van der Waals surface area (Å²) in [4.78, 5) is 11.0. The van der Waals surface area contributed by atoms with Crippen molar-refractivity contribution in [3.8, 4) is 0 Å². The van der Waals surface area contributed by atoms with E-state index in [0.29, 0.717) is 24.0 Å². The molecule has 0 spiro atoms. The van der Waals surface area contributed by atoms with Crippen molar-refractivity contribution in [1.82, 2.24) is 10.2 Å². The highest BCUT2D eigenvalue weighted by Gasteiger charge is 2.13. The summed E-state index contributed by atoms with van der Waals surface area (Å²) in [7, 11) is 1.33. The van der Waals surface area contributed by atoms with Gasteiger partial charge in [0.25, 0.3) is 0 Å². The SMILES string of the molecule is CCc1nnc(CSCCC(N)C(=O)OC)o1. The molecule has 0 aliphatic rings. The molecule has 1 rings (SSSR count). The zero-order chi connectivity index (χ0) is 12.7. The molecular formula is C10H17N3O3S. The number of carbonyl (C=O) groups excluding carboxylic acids is 1. The van der Waals surface area contributed by atoms with E-state index in [2.05, 4.69) is 14.9 Å². The molecule has 0 amide bonds. The molecule has 0 fully saturated rings. The lowest BCUT2D eigenvalue weighted by atomic mass is 10.2. The lowest BCUT2D eigenvalue weighted by molar-refractivity contribution is -0.142. The highest BCUT2D eigenvalue weighted by molar-refractivity contribution is 7.98. The molecule has 0 aliphatic heterocycles. The lowest BCUT2D eigenvalue weighted by Gasteiger charge is -2.07. The van der Waals surface area contributed by atoms with Crippen LogP contribution < -0.4 is 5.73 Å². The topological polar surface area (TPSA) is 91.2 Å². The van der Waals surface area contributed by atoms with Crippen LogP contribution in [0.1, 0.15) is 25.1 Å². The van der Waals surface area contributed by atoms with E-state index in [-0.39, 0.29) is 5.97 Å². The number of carbonyl (C=O) groups is 1. The Hall–Kier alpha value is -1.08. The quantitative estimate of drug-likeness (QED) is 0.570. The Labute approximate surface area is 104 Å². The summed E-state index contributed by atoms with van der Waals surface area (Å²) in [5.41, 5.74) is 5.59. The minimum absolute atomic E-state index is 0.378. The second kappa shape index (κ2) is 7.29. The van der Waals surface area contributed by atoms with E-state index in [1.54, 1.807) is 11.8 Å². The van der Waals surface area contributed by atoms with Gasteiger partial charge in [-0.3, -0.25) is 4.79 Å². The van der Waals surface area contributed by atoms with Gasteiger partial charge in [0.2, 0.25) is 11.8 Å². The molecular weight excluding hydrogens is 242 g/mol. The number of aromatic nitrogens is 2. The number of rotatable bonds is 7. The average Bonchev–Trinajstić information content (AvgIpc) is 2.81. The molecule has 0 aromatic carbocycles. The van der Waals surface area contributed by atoms with Gasteiger partial charge >= 0.3 is 5.97 Å². The molecule has 0 saturated heterocycles. The molecule has 1 heterocycles. The van der Waals surface area contributed by atoms with Crippen molar-refractivity contribution in [3.63, 3.8) is 0 Å². The molecule has 96 valence electrons. The van der Waals surface area contributed by atoms with Crippen LogP contribution in [-0.4, -0.2) is 35.1 Å². The summed E-state index contributed by atoms with van der Waals surface area (Å²) in [5, 5.41) is 7.76. The van der Waals surface area contributed by atoms with Gasteiger partial charge in [-0.25, -0.2) is 0 Å². The molecule has 17 heavy (non-hydrogen) atoms. The Bertz CT molecular complexity index is 356. The van der Waals surface area contributed by atoms with Crippen LogP contribution in [0, 0.1) is 0 Å². The van der Waals surface area contributed by atoms with Crippen LogP contribution in [0.15, 0.2) is 4.42 Å². The minimum atomic E-state index is -0.554. The van der Waals surface area contributed by atoms with Gasteiger partial charge in [0.05, 0.1) is 12.9 Å². The monoisotopic (exact) mass is 259 g/mol. The molecule has 7 heteroatoms. The van der Waals surface area contributed by atoms with Crippen molar-refractivity contribution >= 4 is 17.7 Å². The van der Waals surface area contributed by atoms with E-state index in [1.165, 1.54) is 7.11 Å². The highest BCUT2D eigenvalue weighted by atomic mass is 32.2. The molecule has 1 aromatic heterocycles. The van der Waals surface area contributed by atoms with Crippen molar-refractivity contribution < 1.29 is 13.9 Å². The fourth-order valence-electron chi connectivity index (χ4n) is 1.13. The summed E-state index contributed by atoms with van der Waals surface area (Å²) in [6.45, 7) is 1.96. The van der Waals surface area contributed by atoms with E-state index < -0.39 is 6.04 Å². The number of methoxy groups -OCH3 is 1. The van der Waals surface area contributed by atoms with Gasteiger partial charge in [0, 0.05) is 6.42 Å². The van der Waals surface area contributed by atoms with Crippen molar-refractivity contribution in [2.24, 2.45) is 5.73 Å². The standard InChI is InChI=1S/C10H17N3O3S/c1-3-8-12-13-9(16-8)6-17-5-4-7(11)10(14)15-2/h7H,3-6,11H2,1-2H3. The van der Waals surface area contributed by atoms with Gasteiger partial charge in [-0.05, 0) is 12.2 Å². The number of nitrogens with zero attached hydrogens (tertiary/aromatic N) is 2. The molecule has 0 bridgehead atoms. The summed E-state index contributed by atoms with van der Waals surface area (Å²) < 4.78 is 9.87. The van der Waals surface area contributed by atoms with Gasteiger partial charge in [0.15, 0.2) is 0 Å². The van der Waals surface area contributed by atoms with Crippen LogP contribution in [0.3, 0.4) is 0 Å². The minimum Gasteiger partial charge on any atom is -0.468 e. The van der Waals surface area contributed by atoms with Crippen LogP contribution in [0.4, 0.5) is 0 Å². The van der Waals surface area contributed by atoms with E-state index in [9.17, 15) is 4.79 Å². The highest BCUT2D eigenvalue weighted by Crippen LogP contribution is 2.13. The number of aryl methyl sites for hydroxylation is 1. The fourth-order valence-corrected chi connectivity index (χ4v) is 1.98. The summed E-state index contributed by atoms with van der Waals surface area (Å²) in [6.07, 6.45) is 1.32. The Balaban J connectivity index is 2.17. The molecule has 2 N–H and O–H groups in total. The number of hydrogen-bond donors (Lipinski definition) is 1. The van der Waals surface area contributed by atoms with Crippen LogP contribution in [0.5, 0.6) is 0 Å². The largest absolute Gasteiger partial charge is 0.468 e. The molecule has 1 atom stereocenters. The smallest absolute Gasteiger partial charge is 0.322 e. The Morgan fingerprint density at radius 3 is 2.82 bits per heavy atom. The van der Waals surface area contributed by atoms with Crippen molar-refractivity contribution in [2.75, 3.05) is 12.9 Å². The van der Waals surface area contributed by atoms with Gasteiger partial charge < -0.3 is 14.9 Å². The average molecular weight is 259 g/mol. The van der Waals surface area contributed by atoms with Crippen molar-refractivity contribution in [2.45, 2.75) is 31.6 Å². The number of nitrogens with two attached hydrogens (primary N) is 1. The van der Waals surface area contributed by atoms with Crippen molar-refractivity contribution in [1.29, 1.82) is 0 Å². The predicted octanol–water partition coefficient (Wildman–Crippen LogP) is 0.756. The van der Waals surface area contributed by atoms with Gasteiger partial charge in [-0.2, -0.15) is 11.8 Å². The molecule has 0 aliphatic carbocycles. The van der Waals surface area contributed by atoms with Gasteiger partial charge in [0.1, 0.15) is 6.04 Å². The van der Waals surface area contributed by atoms with E-state index >= 15 is 0 Å². The second-order valence-electron chi connectivity index (χ2n) is 3.41. The summed E-state index contributed by atoms with van der Waals surface area (Å²) in [5.74, 6) is 2.27. The Morgan fingerprint density at radius 1 is 1.53 bits per heavy atom. The maximum absolute atomic E-state index is 11.0. The molecule has 0 radical (unpaired) electrons. The molecule has 0 saturated carbocycles. The number of hydrogen-bond acceptors (Lipinski definition) is 7. The third-order valence-corrected chi connectivity index (χ3v) is 3.09. The maximum atomic E-state index is 11.0. The van der Waals surface area contributed by atoms with Crippen LogP contribution in [-0.2, 0) is 21.7 Å². The first-order valence-electron chi connectivity index (χ1n) is 5.39. The Morgan fingerprint density at radius 2 is 2.24 bits per heavy atom. The number of esters is 1. The summed E-state index contributed by atoms with van der Waals surface area (Å²) in [6, 6.07) is -0.554.